The molecule has 0 radical (unpaired) electrons. The van der Waals surface area contributed by atoms with E-state index in [4.69, 9.17) is 4.74 Å². The van der Waals surface area contributed by atoms with Crippen LogP contribution in [0.5, 0.6) is 0 Å². The predicted molar refractivity (Wildman–Crippen MR) is 116 cm³/mol. The van der Waals surface area contributed by atoms with E-state index in [0.29, 0.717) is 38.4 Å². The first-order valence-corrected chi connectivity index (χ1v) is 11.3. The van der Waals surface area contributed by atoms with Crippen LogP contribution in [0.3, 0.4) is 0 Å². The van der Waals surface area contributed by atoms with Crippen molar-refractivity contribution in [1.82, 2.24) is 9.62 Å². The van der Waals surface area contributed by atoms with Crippen LogP contribution in [0.2, 0.25) is 0 Å². The van der Waals surface area contributed by atoms with Crippen molar-refractivity contribution in [1.29, 1.82) is 0 Å². The summed E-state index contributed by atoms with van der Waals surface area (Å²) in [4.78, 5) is 12.9. The van der Waals surface area contributed by atoms with E-state index in [0.717, 1.165) is 21.9 Å². The first kappa shape index (κ1) is 20.5. The van der Waals surface area contributed by atoms with Gasteiger partial charge in [0.25, 0.3) is 5.91 Å². The van der Waals surface area contributed by atoms with Crippen LogP contribution in [0.1, 0.15) is 21.5 Å². The van der Waals surface area contributed by atoms with Crippen LogP contribution < -0.4 is 5.32 Å². The first-order valence-electron chi connectivity index (χ1n) is 9.89. The average molecular weight is 425 g/mol. The third-order valence-corrected chi connectivity index (χ3v) is 7.22. The maximum Gasteiger partial charge on any atom is 0.251 e. The Kier molecular flexibility index (Phi) is 5.85. The SMILES string of the molecule is Cc1ccc(S(=O)(=O)N2CCOCC2)cc1C(=O)NCc1ccc2ccccc2c1. The van der Waals surface area contributed by atoms with E-state index >= 15 is 0 Å². The molecule has 3 aromatic carbocycles. The van der Waals surface area contributed by atoms with Gasteiger partial charge in [-0.05, 0) is 47.0 Å². The highest BCUT2D eigenvalue weighted by Crippen LogP contribution is 2.21. The van der Waals surface area contributed by atoms with Crippen LogP contribution >= 0.6 is 0 Å². The summed E-state index contributed by atoms with van der Waals surface area (Å²) in [5.74, 6) is -0.292. The van der Waals surface area contributed by atoms with E-state index < -0.39 is 10.0 Å². The zero-order valence-corrected chi connectivity index (χ0v) is 17.6. The zero-order valence-electron chi connectivity index (χ0n) is 16.8. The minimum Gasteiger partial charge on any atom is -0.379 e. The fourth-order valence-electron chi connectivity index (χ4n) is 3.57. The third kappa shape index (κ3) is 4.23. The van der Waals surface area contributed by atoms with Gasteiger partial charge in [-0.15, -0.1) is 0 Å². The standard InChI is InChI=1S/C23H24N2O4S/c1-17-6-9-21(30(27,28)25-10-12-29-13-11-25)15-22(17)23(26)24-16-18-7-8-19-4-2-3-5-20(19)14-18/h2-9,14-15H,10-13,16H2,1H3,(H,24,26). The minimum atomic E-state index is -3.65. The van der Waals surface area contributed by atoms with Gasteiger partial charge in [0, 0.05) is 25.2 Å². The number of nitrogens with one attached hydrogen (secondary N) is 1. The Balaban J connectivity index is 1.52. The molecule has 1 fully saturated rings. The van der Waals surface area contributed by atoms with Gasteiger partial charge in [0.05, 0.1) is 18.1 Å². The van der Waals surface area contributed by atoms with Crippen LogP contribution in [0.4, 0.5) is 0 Å². The summed E-state index contributed by atoms with van der Waals surface area (Å²) >= 11 is 0. The van der Waals surface area contributed by atoms with E-state index in [2.05, 4.69) is 5.32 Å². The van der Waals surface area contributed by atoms with Crippen molar-refractivity contribution in [3.8, 4) is 0 Å². The van der Waals surface area contributed by atoms with E-state index in [1.54, 1.807) is 19.1 Å². The number of carbonyl (C=O) groups is 1. The van der Waals surface area contributed by atoms with Gasteiger partial charge in [0.2, 0.25) is 10.0 Å². The Morgan fingerprint density at radius 1 is 1.00 bits per heavy atom. The molecule has 0 aliphatic carbocycles. The zero-order chi connectivity index (χ0) is 21.1. The molecule has 1 aliphatic heterocycles. The van der Waals surface area contributed by atoms with E-state index in [1.807, 2.05) is 42.5 Å². The van der Waals surface area contributed by atoms with Gasteiger partial charge < -0.3 is 10.1 Å². The summed E-state index contributed by atoms with van der Waals surface area (Å²) in [7, 11) is -3.65. The summed E-state index contributed by atoms with van der Waals surface area (Å²) in [5, 5.41) is 5.16. The Labute approximate surface area is 176 Å². The van der Waals surface area contributed by atoms with Gasteiger partial charge >= 0.3 is 0 Å². The largest absolute Gasteiger partial charge is 0.379 e. The van der Waals surface area contributed by atoms with Crippen molar-refractivity contribution >= 4 is 26.7 Å². The molecule has 1 N–H and O–H groups in total. The van der Waals surface area contributed by atoms with Crippen molar-refractivity contribution in [3.05, 3.63) is 77.4 Å². The number of sulfonamides is 1. The molecule has 0 atom stereocenters. The quantitative estimate of drug-likeness (QED) is 0.683. The van der Waals surface area contributed by atoms with Gasteiger partial charge in [0.15, 0.2) is 0 Å². The van der Waals surface area contributed by atoms with Crippen molar-refractivity contribution in [2.24, 2.45) is 0 Å². The molecule has 7 heteroatoms. The number of hydrogen-bond acceptors (Lipinski definition) is 4. The molecular formula is C23H24N2O4S. The molecule has 6 nitrogen and oxygen atoms in total. The normalized spacial score (nSPS) is 15.2. The number of benzene rings is 3. The smallest absolute Gasteiger partial charge is 0.251 e. The molecule has 30 heavy (non-hydrogen) atoms. The van der Waals surface area contributed by atoms with Gasteiger partial charge in [-0.1, -0.05) is 42.5 Å². The van der Waals surface area contributed by atoms with Crippen LogP contribution in [0.15, 0.2) is 65.6 Å². The summed E-state index contributed by atoms with van der Waals surface area (Å²) in [5.41, 5.74) is 2.08. The number of ether oxygens (including phenoxy) is 1. The Morgan fingerprint density at radius 3 is 2.50 bits per heavy atom. The second kappa shape index (κ2) is 8.55. The molecular weight excluding hydrogens is 400 g/mol. The van der Waals surface area contributed by atoms with Crippen LogP contribution in [0, 0.1) is 6.92 Å². The molecule has 1 amide bonds. The lowest BCUT2D eigenvalue weighted by molar-refractivity contribution is 0.0730. The highest BCUT2D eigenvalue weighted by molar-refractivity contribution is 7.89. The third-order valence-electron chi connectivity index (χ3n) is 5.33. The van der Waals surface area contributed by atoms with E-state index in [9.17, 15) is 13.2 Å². The molecule has 3 aromatic rings. The molecule has 1 aliphatic rings. The number of amides is 1. The van der Waals surface area contributed by atoms with Gasteiger partial charge in [-0.2, -0.15) is 4.31 Å². The highest BCUT2D eigenvalue weighted by atomic mass is 32.2. The second-order valence-electron chi connectivity index (χ2n) is 7.36. The van der Waals surface area contributed by atoms with Crippen molar-refractivity contribution in [3.63, 3.8) is 0 Å². The molecule has 0 bridgehead atoms. The van der Waals surface area contributed by atoms with E-state index in [-0.39, 0.29) is 10.8 Å². The summed E-state index contributed by atoms with van der Waals surface area (Å²) in [6.07, 6.45) is 0. The topological polar surface area (TPSA) is 75.7 Å². The highest BCUT2D eigenvalue weighted by Gasteiger charge is 2.27. The molecule has 0 spiro atoms. The monoisotopic (exact) mass is 424 g/mol. The first-order chi connectivity index (χ1) is 14.4. The Morgan fingerprint density at radius 2 is 1.73 bits per heavy atom. The van der Waals surface area contributed by atoms with Gasteiger partial charge in [-0.3, -0.25) is 4.79 Å². The van der Waals surface area contributed by atoms with Crippen LogP contribution in [-0.2, 0) is 21.3 Å². The van der Waals surface area contributed by atoms with Crippen molar-refractivity contribution in [2.75, 3.05) is 26.3 Å². The lowest BCUT2D eigenvalue weighted by Crippen LogP contribution is -2.40. The minimum absolute atomic E-state index is 0.130. The summed E-state index contributed by atoms with van der Waals surface area (Å²) < 4.78 is 32.5. The Bertz CT molecular complexity index is 1180. The summed E-state index contributed by atoms with van der Waals surface area (Å²) in [6, 6.07) is 18.8. The fourth-order valence-corrected chi connectivity index (χ4v) is 5.00. The van der Waals surface area contributed by atoms with Crippen molar-refractivity contribution in [2.45, 2.75) is 18.4 Å². The lowest BCUT2D eigenvalue weighted by Gasteiger charge is -2.26. The molecule has 1 heterocycles. The van der Waals surface area contributed by atoms with E-state index in [1.165, 1.54) is 10.4 Å². The molecule has 156 valence electrons. The number of morpholine rings is 1. The molecule has 1 saturated heterocycles. The summed E-state index contributed by atoms with van der Waals surface area (Å²) in [6.45, 7) is 3.56. The number of carbonyl (C=O) groups excluding carboxylic acids is 1. The predicted octanol–water partition coefficient (Wildman–Crippen LogP) is 3.10. The van der Waals surface area contributed by atoms with Gasteiger partial charge in [-0.25, -0.2) is 8.42 Å². The average Bonchev–Trinajstić information content (AvgIpc) is 2.78. The molecule has 0 unspecified atom stereocenters. The molecule has 0 aromatic heterocycles. The second-order valence-corrected chi connectivity index (χ2v) is 9.30. The maximum absolute atomic E-state index is 12.9. The number of fused-ring (bicyclic) bond motifs is 1. The fraction of sp³-hybridized carbons (Fsp3) is 0.261. The Hall–Kier alpha value is -2.74. The molecule has 4 rings (SSSR count). The lowest BCUT2D eigenvalue weighted by atomic mass is 10.1. The molecule has 0 saturated carbocycles. The number of rotatable bonds is 5. The number of aryl methyl sites for hydroxylation is 1. The van der Waals surface area contributed by atoms with Crippen molar-refractivity contribution < 1.29 is 17.9 Å². The maximum atomic E-state index is 12.9. The number of nitrogens with zero attached hydrogens (tertiary/aromatic N) is 1. The van der Waals surface area contributed by atoms with Crippen LogP contribution in [-0.4, -0.2) is 44.9 Å². The van der Waals surface area contributed by atoms with Gasteiger partial charge in [0.1, 0.15) is 0 Å². The van der Waals surface area contributed by atoms with Crippen LogP contribution in [0.25, 0.3) is 10.8 Å². The number of hydrogen-bond donors (Lipinski definition) is 1.